The molecule has 0 N–H and O–H groups in total. The van der Waals surface area contributed by atoms with Gasteiger partial charge in [-0.25, -0.2) is 0 Å². The third-order valence-corrected chi connectivity index (χ3v) is 4.86. The lowest BCUT2D eigenvalue weighted by Gasteiger charge is -2.26. The summed E-state index contributed by atoms with van der Waals surface area (Å²) >= 11 is 0. The van der Waals surface area contributed by atoms with Crippen molar-refractivity contribution in [1.82, 2.24) is 9.55 Å². The van der Waals surface area contributed by atoms with E-state index < -0.39 is 40.0 Å². The first-order chi connectivity index (χ1) is 12.4. The molecule has 2 aromatic rings. The maximum Gasteiger partial charge on any atom is 0.380 e. The van der Waals surface area contributed by atoms with E-state index in [9.17, 15) is 26.3 Å². The fourth-order valence-corrected chi connectivity index (χ4v) is 3.24. The van der Waals surface area contributed by atoms with Crippen LogP contribution in [0.4, 0.5) is 26.3 Å². The molecule has 27 heavy (non-hydrogen) atoms. The Morgan fingerprint density at radius 2 is 1.56 bits per heavy atom. The van der Waals surface area contributed by atoms with Crippen molar-refractivity contribution in [3.05, 3.63) is 52.6 Å². The maximum atomic E-state index is 14.7. The molecule has 0 unspecified atom stereocenters. The van der Waals surface area contributed by atoms with E-state index in [-0.39, 0.29) is 17.1 Å². The highest BCUT2D eigenvalue weighted by atomic mass is 19.3. The van der Waals surface area contributed by atoms with E-state index in [0.717, 1.165) is 12.1 Å². The van der Waals surface area contributed by atoms with Gasteiger partial charge in [-0.1, -0.05) is 6.07 Å². The third kappa shape index (κ3) is 2.25. The summed E-state index contributed by atoms with van der Waals surface area (Å²) < 4.78 is 88.1. The van der Waals surface area contributed by atoms with Gasteiger partial charge in [0.05, 0.1) is 0 Å². The molecule has 1 aliphatic rings. The summed E-state index contributed by atoms with van der Waals surface area (Å²) in [6.07, 6.45) is 1.24. The minimum atomic E-state index is -5.64. The molecule has 2 aromatic heterocycles. The molecule has 3 rings (SSSR count). The van der Waals surface area contributed by atoms with E-state index in [1.54, 1.807) is 6.07 Å². The third-order valence-electron chi connectivity index (χ3n) is 4.86. The topological polar surface area (TPSA) is 41.6 Å². The van der Waals surface area contributed by atoms with Crippen molar-refractivity contribution in [2.24, 2.45) is 7.05 Å². The van der Waals surface area contributed by atoms with Crippen molar-refractivity contribution in [3.63, 3.8) is 0 Å². The number of hydrogen-bond acceptors (Lipinski definition) is 2. The summed E-state index contributed by atoms with van der Waals surface area (Å²) in [6.45, 7) is 2.56. The van der Waals surface area contributed by atoms with Crippen LogP contribution in [-0.4, -0.2) is 27.3 Å². The van der Waals surface area contributed by atoms with Gasteiger partial charge >= 0.3 is 17.8 Å². The second-order valence-electron chi connectivity index (χ2n) is 6.31. The van der Waals surface area contributed by atoms with Gasteiger partial charge in [0.15, 0.2) is 0 Å². The average molecular weight is 385 g/mol. The Balaban J connectivity index is 2.50. The molecular formula is C18H13F6N3. The summed E-state index contributed by atoms with van der Waals surface area (Å²) in [5.41, 5.74) is -4.18. The van der Waals surface area contributed by atoms with Crippen LogP contribution in [0, 0.1) is 25.2 Å². The van der Waals surface area contributed by atoms with Crippen molar-refractivity contribution in [1.29, 1.82) is 5.26 Å². The second kappa shape index (κ2) is 5.62. The van der Waals surface area contributed by atoms with E-state index in [1.807, 2.05) is 0 Å². The van der Waals surface area contributed by atoms with Crippen LogP contribution in [0.5, 0.6) is 0 Å². The minimum absolute atomic E-state index is 0.00577. The summed E-state index contributed by atoms with van der Waals surface area (Å²) in [7, 11) is 1.36. The first-order valence-electron chi connectivity index (χ1n) is 7.77. The van der Waals surface area contributed by atoms with E-state index in [4.69, 9.17) is 5.26 Å². The lowest BCUT2D eigenvalue weighted by Crippen LogP contribution is -2.49. The SMILES string of the molecule is Cc1ncccc1C1=C(c2cc(C#N)n(C)c2C)C(F)(F)C(F)(F)C1(F)F. The largest absolute Gasteiger partial charge is 0.380 e. The average Bonchev–Trinajstić information content (AvgIpc) is 2.92. The van der Waals surface area contributed by atoms with E-state index in [0.29, 0.717) is 0 Å². The molecular weight excluding hydrogens is 372 g/mol. The zero-order valence-corrected chi connectivity index (χ0v) is 14.4. The molecule has 2 heterocycles. The molecule has 142 valence electrons. The van der Waals surface area contributed by atoms with Gasteiger partial charge in [-0.15, -0.1) is 0 Å². The van der Waals surface area contributed by atoms with E-state index >= 15 is 0 Å². The fourth-order valence-electron chi connectivity index (χ4n) is 3.24. The van der Waals surface area contributed by atoms with Crippen LogP contribution in [0.1, 0.15) is 28.2 Å². The van der Waals surface area contributed by atoms with Crippen LogP contribution in [0.3, 0.4) is 0 Å². The van der Waals surface area contributed by atoms with Crippen LogP contribution in [0.15, 0.2) is 24.4 Å². The number of nitriles is 1. The Labute approximate surface area is 150 Å². The molecule has 0 saturated heterocycles. The number of aryl methyl sites for hydroxylation is 1. The van der Waals surface area contributed by atoms with Crippen molar-refractivity contribution in [2.45, 2.75) is 31.6 Å². The predicted octanol–water partition coefficient (Wildman–Crippen LogP) is 4.74. The Kier molecular flexibility index (Phi) is 3.96. The van der Waals surface area contributed by atoms with Gasteiger partial charge in [-0.3, -0.25) is 4.98 Å². The van der Waals surface area contributed by atoms with Crippen molar-refractivity contribution in [2.75, 3.05) is 0 Å². The number of alkyl halides is 6. The highest BCUT2D eigenvalue weighted by molar-refractivity contribution is 6.02. The quantitative estimate of drug-likeness (QED) is 0.701. The maximum absolute atomic E-state index is 14.7. The van der Waals surface area contributed by atoms with Gasteiger partial charge in [-0.05, 0) is 26.0 Å². The lowest BCUT2D eigenvalue weighted by molar-refractivity contribution is -0.254. The summed E-state index contributed by atoms with van der Waals surface area (Å²) in [5, 5.41) is 9.08. The normalized spacial score (nSPS) is 20.0. The molecule has 0 aromatic carbocycles. The van der Waals surface area contributed by atoms with Crippen LogP contribution < -0.4 is 0 Å². The van der Waals surface area contributed by atoms with Crippen molar-refractivity contribution >= 4 is 11.1 Å². The summed E-state index contributed by atoms with van der Waals surface area (Å²) in [4.78, 5) is 3.76. The molecule has 3 nitrogen and oxygen atoms in total. The molecule has 0 bridgehead atoms. The highest BCUT2D eigenvalue weighted by Gasteiger charge is 2.80. The van der Waals surface area contributed by atoms with Gasteiger partial charge < -0.3 is 4.57 Å². The fraction of sp³-hybridized carbons (Fsp3) is 0.333. The van der Waals surface area contributed by atoms with Crippen LogP contribution in [-0.2, 0) is 7.05 Å². The minimum Gasteiger partial charge on any atom is -0.339 e. The van der Waals surface area contributed by atoms with Crippen molar-refractivity contribution < 1.29 is 26.3 Å². The zero-order valence-electron chi connectivity index (χ0n) is 14.4. The molecule has 0 fully saturated rings. The van der Waals surface area contributed by atoms with Crippen LogP contribution >= 0.6 is 0 Å². The van der Waals surface area contributed by atoms with Crippen molar-refractivity contribution in [3.8, 4) is 6.07 Å². The number of allylic oxidation sites excluding steroid dienone is 2. The molecule has 1 aliphatic carbocycles. The first kappa shape index (κ1) is 19.0. The number of pyridine rings is 1. The number of hydrogen-bond donors (Lipinski definition) is 0. The van der Waals surface area contributed by atoms with E-state index in [2.05, 4.69) is 4.98 Å². The Hall–Kier alpha value is -2.76. The Bertz CT molecular complexity index is 1010. The number of rotatable bonds is 2. The van der Waals surface area contributed by atoms with Gasteiger partial charge in [0, 0.05) is 46.9 Å². The molecule has 0 amide bonds. The second-order valence-corrected chi connectivity index (χ2v) is 6.31. The van der Waals surface area contributed by atoms with Gasteiger partial charge in [0.25, 0.3) is 0 Å². The smallest absolute Gasteiger partial charge is 0.339 e. The summed E-state index contributed by atoms with van der Waals surface area (Å²) in [5.74, 6) is -15.9. The predicted molar refractivity (Wildman–Crippen MR) is 85.5 cm³/mol. The molecule has 9 heteroatoms. The monoisotopic (exact) mass is 385 g/mol. The molecule has 0 saturated carbocycles. The lowest BCUT2D eigenvalue weighted by atomic mass is 9.94. The number of nitrogens with zero attached hydrogens (tertiary/aromatic N) is 3. The molecule has 0 radical (unpaired) electrons. The van der Waals surface area contributed by atoms with Crippen LogP contribution in [0.2, 0.25) is 0 Å². The molecule has 0 spiro atoms. The van der Waals surface area contributed by atoms with E-state index in [1.165, 1.54) is 37.7 Å². The molecule has 0 aliphatic heterocycles. The number of aromatic nitrogens is 2. The van der Waals surface area contributed by atoms with Gasteiger partial charge in [-0.2, -0.15) is 31.6 Å². The first-order valence-corrected chi connectivity index (χ1v) is 7.77. The number of halogens is 6. The van der Waals surface area contributed by atoms with Crippen LogP contribution in [0.25, 0.3) is 11.1 Å². The summed E-state index contributed by atoms with van der Waals surface area (Å²) in [6, 6.07) is 4.89. The zero-order chi connectivity index (χ0) is 20.4. The Morgan fingerprint density at radius 1 is 1.00 bits per heavy atom. The standard InChI is InChI=1S/C18H13F6N3/c1-9-12(5-4-6-26-9)14-15(13-7-11(8-25)27(3)10(13)2)17(21,22)18(23,24)16(14,19)20/h4-7H,1-3H3. The highest BCUT2D eigenvalue weighted by Crippen LogP contribution is 2.65. The Morgan fingerprint density at radius 3 is 2.04 bits per heavy atom. The van der Waals surface area contributed by atoms with Gasteiger partial charge in [0.2, 0.25) is 0 Å². The van der Waals surface area contributed by atoms with Gasteiger partial charge in [0.1, 0.15) is 11.8 Å². The molecule has 0 atom stereocenters.